The number of carbonyl (C=O) groups excluding carboxylic acids is 1. The Kier molecular flexibility index (Phi) is 5.35. The third-order valence-electron chi connectivity index (χ3n) is 3.56. The Labute approximate surface area is 118 Å². The maximum atomic E-state index is 13.4. The molecule has 1 unspecified atom stereocenters. The Morgan fingerprint density at radius 3 is 2.95 bits per heavy atom. The number of halogens is 1. The van der Waals surface area contributed by atoms with Crippen LogP contribution in [0.4, 0.5) is 4.39 Å². The summed E-state index contributed by atoms with van der Waals surface area (Å²) in [7, 11) is 1.41. The number of hydrogen-bond acceptors (Lipinski definition) is 4. The predicted molar refractivity (Wildman–Crippen MR) is 73.1 cm³/mol. The second kappa shape index (κ2) is 7.24. The normalized spacial score (nSPS) is 19.6. The Hall–Kier alpha value is -1.62. The predicted octanol–water partition coefficient (Wildman–Crippen LogP) is 2.23. The van der Waals surface area contributed by atoms with E-state index in [1.807, 2.05) is 0 Å². The quantitative estimate of drug-likeness (QED) is 0.776. The van der Waals surface area contributed by atoms with Crippen LogP contribution in [0.2, 0.25) is 0 Å². The number of piperidine rings is 1. The molecule has 1 heterocycles. The minimum atomic E-state index is -0.365. The number of esters is 1. The summed E-state index contributed by atoms with van der Waals surface area (Å²) in [6, 6.07) is 6.13. The minimum absolute atomic E-state index is 0.196. The number of methoxy groups -OCH3 is 1. The Morgan fingerprint density at radius 2 is 2.20 bits per heavy atom. The summed E-state index contributed by atoms with van der Waals surface area (Å²) in [5.41, 5.74) is 0. The van der Waals surface area contributed by atoms with Gasteiger partial charge in [-0.2, -0.15) is 0 Å². The van der Waals surface area contributed by atoms with Crippen molar-refractivity contribution >= 4 is 5.97 Å². The summed E-state index contributed by atoms with van der Waals surface area (Å²) in [6.45, 7) is 1.79. The number of nitrogens with zero attached hydrogens (tertiary/aromatic N) is 1. The lowest BCUT2D eigenvalue weighted by Crippen LogP contribution is -2.46. The van der Waals surface area contributed by atoms with Crippen LogP contribution in [0.3, 0.4) is 0 Å². The molecule has 1 saturated heterocycles. The van der Waals surface area contributed by atoms with Crippen molar-refractivity contribution in [2.75, 3.05) is 26.8 Å². The molecule has 1 aliphatic rings. The maximum Gasteiger partial charge on any atom is 0.323 e. The van der Waals surface area contributed by atoms with Gasteiger partial charge in [0, 0.05) is 6.54 Å². The molecule has 1 atom stereocenters. The van der Waals surface area contributed by atoms with E-state index in [9.17, 15) is 9.18 Å². The summed E-state index contributed by atoms with van der Waals surface area (Å²) >= 11 is 0. The van der Waals surface area contributed by atoms with Crippen LogP contribution in [-0.4, -0.2) is 43.7 Å². The molecule has 0 aromatic heterocycles. The number of carbonyl (C=O) groups is 1. The number of para-hydroxylation sites is 1. The zero-order valence-corrected chi connectivity index (χ0v) is 11.7. The molecule has 20 heavy (non-hydrogen) atoms. The van der Waals surface area contributed by atoms with E-state index in [0.29, 0.717) is 13.2 Å². The zero-order chi connectivity index (χ0) is 14.4. The number of hydrogen-bond donors (Lipinski definition) is 0. The van der Waals surface area contributed by atoms with E-state index in [0.717, 1.165) is 25.8 Å². The SMILES string of the molecule is COC(=O)C1CCCCN1CCOc1ccccc1F. The number of benzene rings is 1. The fourth-order valence-corrected chi connectivity index (χ4v) is 2.50. The van der Waals surface area contributed by atoms with Crippen molar-refractivity contribution in [1.29, 1.82) is 0 Å². The van der Waals surface area contributed by atoms with Gasteiger partial charge in [0.05, 0.1) is 7.11 Å². The molecule has 0 saturated carbocycles. The van der Waals surface area contributed by atoms with E-state index >= 15 is 0 Å². The van der Waals surface area contributed by atoms with Gasteiger partial charge in [-0.25, -0.2) is 4.39 Å². The standard InChI is InChI=1S/C15H20FNO3/c1-19-15(18)13-7-4-5-9-17(13)10-11-20-14-8-3-2-6-12(14)16/h2-3,6,8,13H,4-5,7,9-11H2,1H3. The molecule has 0 N–H and O–H groups in total. The van der Waals surface area contributed by atoms with Crippen molar-refractivity contribution in [3.05, 3.63) is 30.1 Å². The Bertz CT molecular complexity index is 452. The minimum Gasteiger partial charge on any atom is -0.489 e. The van der Waals surface area contributed by atoms with E-state index < -0.39 is 0 Å². The smallest absolute Gasteiger partial charge is 0.323 e. The lowest BCUT2D eigenvalue weighted by molar-refractivity contribution is -0.148. The largest absolute Gasteiger partial charge is 0.489 e. The fraction of sp³-hybridized carbons (Fsp3) is 0.533. The van der Waals surface area contributed by atoms with Crippen molar-refractivity contribution in [1.82, 2.24) is 4.90 Å². The number of likely N-dealkylation sites (tertiary alicyclic amines) is 1. The molecular formula is C15H20FNO3. The molecule has 2 rings (SSSR count). The highest BCUT2D eigenvalue weighted by atomic mass is 19.1. The van der Waals surface area contributed by atoms with Gasteiger partial charge in [-0.15, -0.1) is 0 Å². The highest BCUT2D eigenvalue weighted by Crippen LogP contribution is 2.19. The van der Waals surface area contributed by atoms with Crippen molar-refractivity contribution in [3.63, 3.8) is 0 Å². The van der Waals surface area contributed by atoms with Gasteiger partial charge in [-0.05, 0) is 31.5 Å². The van der Waals surface area contributed by atoms with Gasteiger partial charge in [-0.3, -0.25) is 9.69 Å². The third-order valence-corrected chi connectivity index (χ3v) is 3.56. The molecular weight excluding hydrogens is 261 g/mol. The molecule has 5 heteroatoms. The monoisotopic (exact) mass is 281 g/mol. The zero-order valence-electron chi connectivity index (χ0n) is 11.7. The van der Waals surface area contributed by atoms with Crippen LogP contribution < -0.4 is 4.74 Å². The van der Waals surface area contributed by atoms with Gasteiger partial charge in [-0.1, -0.05) is 18.6 Å². The lowest BCUT2D eigenvalue weighted by Gasteiger charge is -2.33. The van der Waals surface area contributed by atoms with Crippen LogP contribution in [-0.2, 0) is 9.53 Å². The van der Waals surface area contributed by atoms with Gasteiger partial charge in [0.15, 0.2) is 11.6 Å². The molecule has 1 aliphatic heterocycles. The van der Waals surface area contributed by atoms with E-state index in [-0.39, 0.29) is 23.6 Å². The average molecular weight is 281 g/mol. The second-order valence-electron chi connectivity index (χ2n) is 4.85. The maximum absolute atomic E-state index is 13.4. The van der Waals surface area contributed by atoms with E-state index in [2.05, 4.69) is 4.90 Å². The summed E-state index contributed by atoms with van der Waals surface area (Å²) < 4.78 is 23.7. The van der Waals surface area contributed by atoms with Gasteiger partial charge >= 0.3 is 5.97 Å². The third kappa shape index (κ3) is 3.70. The van der Waals surface area contributed by atoms with E-state index in [1.165, 1.54) is 13.2 Å². The fourth-order valence-electron chi connectivity index (χ4n) is 2.50. The average Bonchev–Trinajstić information content (AvgIpc) is 2.49. The van der Waals surface area contributed by atoms with Crippen LogP contribution in [0.1, 0.15) is 19.3 Å². The molecule has 0 amide bonds. The molecule has 0 spiro atoms. The first-order valence-corrected chi connectivity index (χ1v) is 6.91. The van der Waals surface area contributed by atoms with Crippen LogP contribution in [0.5, 0.6) is 5.75 Å². The first-order chi connectivity index (χ1) is 9.72. The highest BCUT2D eigenvalue weighted by Gasteiger charge is 2.29. The molecule has 0 bridgehead atoms. The highest BCUT2D eigenvalue weighted by molar-refractivity contribution is 5.75. The summed E-state index contributed by atoms with van der Waals surface area (Å²) in [6.07, 6.45) is 2.91. The second-order valence-corrected chi connectivity index (χ2v) is 4.85. The van der Waals surface area contributed by atoms with Crippen LogP contribution in [0.15, 0.2) is 24.3 Å². The van der Waals surface area contributed by atoms with E-state index in [1.54, 1.807) is 18.2 Å². The van der Waals surface area contributed by atoms with Crippen molar-refractivity contribution in [2.45, 2.75) is 25.3 Å². The first kappa shape index (κ1) is 14.8. The van der Waals surface area contributed by atoms with Gasteiger partial charge in [0.25, 0.3) is 0 Å². The summed E-state index contributed by atoms with van der Waals surface area (Å²) in [5.74, 6) is -0.314. The van der Waals surface area contributed by atoms with Crippen molar-refractivity contribution in [3.8, 4) is 5.75 Å². The Balaban J connectivity index is 1.85. The lowest BCUT2D eigenvalue weighted by atomic mass is 10.0. The van der Waals surface area contributed by atoms with Gasteiger partial charge < -0.3 is 9.47 Å². The molecule has 4 nitrogen and oxygen atoms in total. The molecule has 110 valence electrons. The molecule has 1 fully saturated rings. The number of rotatable bonds is 5. The van der Waals surface area contributed by atoms with Gasteiger partial charge in [0.2, 0.25) is 0 Å². The Morgan fingerprint density at radius 1 is 1.40 bits per heavy atom. The number of ether oxygens (including phenoxy) is 2. The molecule has 0 radical (unpaired) electrons. The first-order valence-electron chi connectivity index (χ1n) is 6.91. The van der Waals surface area contributed by atoms with Crippen molar-refractivity contribution < 1.29 is 18.7 Å². The molecule has 0 aliphatic carbocycles. The topological polar surface area (TPSA) is 38.8 Å². The van der Waals surface area contributed by atoms with Crippen LogP contribution in [0, 0.1) is 5.82 Å². The van der Waals surface area contributed by atoms with Crippen LogP contribution >= 0.6 is 0 Å². The van der Waals surface area contributed by atoms with Gasteiger partial charge in [0.1, 0.15) is 12.6 Å². The summed E-state index contributed by atoms with van der Waals surface area (Å²) in [4.78, 5) is 13.8. The summed E-state index contributed by atoms with van der Waals surface area (Å²) in [5, 5.41) is 0. The van der Waals surface area contributed by atoms with E-state index in [4.69, 9.17) is 9.47 Å². The van der Waals surface area contributed by atoms with Crippen LogP contribution in [0.25, 0.3) is 0 Å². The van der Waals surface area contributed by atoms with Crippen molar-refractivity contribution in [2.24, 2.45) is 0 Å². The molecule has 1 aromatic carbocycles. The molecule has 1 aromatic rings.